The Hall–Kier alpha value is -1.84. The number of primary amides is 1. The number of hydrogen-bond acceptors (Lipinski definition) is 7. The summed E-state index contributed by atoms with van der Waals surface area (Å²) < 4.78 is 17.9. The zero-order valence-electron chi connectivity index (χ0n) is 17.5. The second-order valence-electron chi connectivity index (χ2n) is 7.92. The Bertz CT molecular complexity index is 956. The molecule has 31 heavy (non-hydrogen) atoms. The van der Waals surface area contributed by atoms with Crippen LogP contribution in [0.4, 0.5) is 0 Å². The van der Waals surface area contributed by atoms with Crippen LogP contribution in [0.25, 0.3) is 0 Å². The first-order chi connectivity index (χ1) is 15.0. The van der Waals surface area contributed by atoms with Crippen LogP contribution in [0.1, 0.15) is 34.4 Å². The highest BCUT2D eigenvalue weighted by Crippen LogP contribution is 2.48. The van der Waals surface area contributed by atoms with Gasteiger partial charge in [-0.2, -0.15) is 0 Å². The quantitative estimate of drug-likeness (QED) is 0.651. The van der Waals surface area contributed by atoms with Crippen LogP contribution in [0.15, 0.2) is 18.2 Å². The Morgan fingerprint density at radius 1 is 1.39 bits per heavy atom. The van der Waals surface area contributed by atoms with Crippen LogP contribution >= 0.6 is 22.9 Å². The molecule has 0 saturated carbocycles. The molecule has 0 unspecified atom stereocenters. The number of aliphatic hydroxyl groups excluding tert-OH is 1. The smallest absolute Gasteiger partial charge is 0.255 e. The summed E-state index contributed by atoms with van der Waals surface area (Å²) in [6.07, 6.45) is 2.56. The van der Waals surface area contributed by atoms with Crippen molar-refractivity contribution in [2.75, 3.05) is 33.4 Å². The van der Waals surface area contributed by atoms with Crippen LogP contribution in [0.2, 0.25) is 4.34 Å². The molecule has 1 aromatic carbocycles. The molecular formula is C22H27ClN2O5S. The van der Waals surface area contributed by atoms with Crippen LogP contribution in [-0.2, 0) is 34.7 Å². The number of methoxy groups -OCH3 is 1. The van der Waals surface area contributed by atoms with Gasteiger partial charge in [0.2, 0.25) is 0 Å². The van der Waals surface area contributed by atoms with E-state index in [1.165, 1.54) is 10.4 Å². The fourth-order valence-electron chi connectivity index (χ4n) is 4.46. The van der Waals surface area contributed by atoms with E-state index in [2.05, 4.69) is 4.90 Å². The van der Waals surface area contributed by atoms with Gasteiger partial charge in [-0.1, -0.05) is 17.7 Å². The second-order valence-corrected chi connectivity index (χ2v) is 9.54. The van der Waals surface area contributed by atoms with Crippen molar-refractivity contribution in [2.24, 2.45) is 5.73 Å². The predicted molar refractivity (Wildman–Crippen MR) is 119 cm³/mol. The Morgan fingerprint density at radius 3 is 2.84 bits per heavy atom. The number of carbonyl (C=O) groups excluding carboxylic acids is 1. The van der Waals surface area contributed by atoms with Crippen molar-refractivity contribution in [1.29, 1.82) is 0 Å². The van der Waals surface area contributed by atoms with Crippen molar-refractivity contribution in [3.8, 4) is 11.5 Å². The molecule has 1 fully saturated rings. The molecule has 2 aliphatic heterocycles. The first-order valence-electron chi connectivity index (χ1n) is 10.3. The largest absolute Gasteiger partial charge is 0.496 e. The summed E-state index contributed by atoms with van der Waals surface area (Å²) in [5.41, 5.74) is 7.95. The standard InChI is InChI=1S/C22H27ClN2O5S/c1-28-18-10-15(29-13-19(24)27)3-2-14(18)11-25-7-5-22(6-8-25)20-16(4-9-30-22)17(12-26)21(23)31-20/h2-3,10,26H,4-9,11-13H2,1H3,(H2,24,27). The molecule has 3 N–H and O–H groups in total. The molecule has 1 saturated heterocycles. The zero-order valence-corrected chi connectivity index (χ0v) is 19.1. The van der Waals surface area contributed by atoms with Crippen LogP contribution in [0, 0.1) is 0 Å². The van der Waals surface area contributed by atoms with Crippen LogP contribution in [0.5, 0.6) is 11.5 Å². The van der Waals surface area contributed by atoms with Crippen molar-refractivity contribution in [3.05, 3.63) is 44.1 Å². The third-order valence-electron chi connectivity index (χ3n) is 6.07. The lowest BCUT2D eigenvalue weighted by molar-refractivity contribution is -0.119. The van der Waals surface area contributed by atoms with Crippen LogP contribution in [0.3, 0.4) is 0 Å². The molecule has 0 atom stereocenters. The Balaban J connectivity index is 1.44. The van der Waals surface area contributed by atoms with Crippen molar-refractivity contribution in [3.63, 3.8) is 0 Å². The maximum Gasteiger partial charge on any atom is 0.255 e. The zero-order chi connectivity index (χ0) is 22.0. The topological polar surface area (TPSA) is 94.3 Å². The number of nitrogens with zero attached hydrogens (tertiary/aromatic N) is 1. The number of hydrogen-bond donors (Lipinski definition) is 2. The van der Waals surface area contributed by atoms with Crippen LogP contribution < -0.4 is 15.2 Å². The number of halogens is 1. The molecule has 1 spiro atoms. The molecule has 0 aliphatic carbocycles. The van der Waals surface area contributed by atoms with Crippen molar-refractivity contribution in [1.82, 2.24) is 4.90 Å². The monoisotopic (exact) mass is 466 g/mol. The number of ether oxygens (including phenoxy) is 3. The molecule has 0 bridgehead atoms. The van der Waals surface area contributed by atoms with Crippen molar-refractivity contribution < 1.29 is 24.1 Å². The number of benzene rings is 1. The lowest BCUT2D eigenvalue weighted by Gasteiger charge is -2.44. The minimum atomic E-state index is -0.517. The number of amides is 1. The lowest BCUT2D eigenvalue weighted by Crippen LogP contribution is -2.45. The third-order valence-corrected chi connectivity index (χ3v) is 7.77. The van der Waals surface area contributed by atoms with E-state index in [-0.39, 0.29) is 18.8 Å². The maximum atomic E-state index is 10.9. The number of nitrogens with two attached hydrogens (primary N) is 1. The molecule has 9 heteroatoms. The van der Waals surface area contributed by atoms with Gasteiger partial charge in [0.15, 0.2) is 6.61 Å². The third kappa shape index (κ3) is 4.54. The molecule has 3 heterocycles. The molecule has 168 valence electrons. The van der Waals surface area contributed by atoms with E-state index in [0.717, 1.165) is 55.8 Å². The number of thiophene rings is 1. The average Bonchev–Trinajstić information content (AvgIpc) is 3.11. The SMILES string of the molecule is COc1cc(OCC(N)=O)ccc1CN1CCC2(CC1)OCCc1c2sc(Cl)c1CO. The molecule has 2 aromatic rings. The minimum Gasteiger partial charge on any atom is -0.496 e. The lowest BCUT2D eigenvalue weighted by atomic mass is 9.84. The van der Waals surface area contributed by atoms with Gasteiger partial charge in [-0.05, 0) is 30.9 Å². The second kappa shape index (κ2) is 9.34. The van der Waals surface area contributed by atoms with Gasteiger partial charge >= 0.3 is 0 Å². The summed E-state index contributed by atoms with van der Waals surface area (Å²) in [5, 5.41) is 9.72. The predicted octanol–water partition coefficient (Wildman–Crippen LogP) is 2.83. The molecular weight excluding hydrogens is 440 g/mol. The fourth-order valence-corrected chi connectivity index (χ4v) is 6.15. The Kier molecular flexibility index (Phi) is 6.74. The number of likely N-dealkylation sites (tertiary alicyclic amines) is 1. The normalized spacial score (nSPS) is 18.0. The van der Waals surface area contributed by atoms with E-state index >= 15 is 0 Å². The van der Waals surface area contributed by atoms with Gasteiger partial charge in [0.25, 0.3) is 5.91 Å². The van der Waals surface area contributed by atoms with E-state index in [1.807, 2.05) is 12.1 Å². The van der Waals surface area contributed by atoms with E-state index in [1.54, 1.807) is 24.5 Å². The number of carbonyl (C=O) groups is 1. The molecule has 0 radical (unpaired) electrons. The maximum absolute atomic E-state index is 10.9. The Labute approximate surface area is 190 Å². The van der Waals surface area contributed by atoms with E-state index in [4.69, 9.17) is 31.5 Å². The van der Waals surface area contributed by atoms with Gasteiger partial charge in [0.05, 0.1) is 24.7 Å². The highest BCUT2D eigenvalue weighted by Gasteiger charge is 2.43. The summed E-state index contributed by atoms with van der Waals surface area (Å²) in [5.74, 6) is 0.752. The average molecular weight is 467 g/mol. The molecule has 4 rings (SSSR count). The van der Waals surface area contributed by atoms with Gasteiger partial charge in [-0.3, -0.25) is 9.69 Å². The van der Waals surface area contributed by atoms with Crippen molar-refractivity contribution in [2.45, 2.75) is 38.0 Å². The summed E-state index contributed by atoms with van der Waals surface area (Å²) in [6, 6.07) is 5.57. The molecule has 7 nitrogen and oxygen atoms in total. The number of fused-ring (bicyclic) bond motifs is 2. The first-order valence-corrected chi connectivity index (χ1v) is 11.5. The molecule has 2 aliphatic rings. The Morgan fingerprint density at radius 2 is 2.16 bits per heavy atom. The van der Waals surface area contributed by atoms with E-state index in [0.29, 0.717) is 16.7 Å². The van der Waals surface area contributed by atoms with Gasteiger partial charge in [-0.25, -0.2) is 0 Å². The van der Waals surface area contributed by atoms with Gasteiger partial charge < -0.3 is 25.1 Å². The van der Waals surface area contributed by atoms with Crippen LogP contribution in [-0.4, -0.2) is 49.3 Å². The number of piperidine rings is 1. The summed E-state index contributed by atoms with van der Waals surface area (Å²) in [7, 11) is 1.62. The summed E-state index contributed by atoms with van der Waals surface area (Å²) in [6.45, 7) is 2.98. The first kappa shape index (κ1) is 22.4. The highest BCUT2D eigenvalue weighted by molar-refractivity contribution is 7.16. The molecule has 1 amide bonds. The summed E-state index contributed by atoms with van der Waals surface area (Å²) in [4.78, 5) is 14.5. The number of aliphatic hydroxyl groups is 1. The summed E-state index contributed by atoms with van der Waals surface area (Å²) >= 11 is 7.96. The van der Waals surface area contributed by atoms with Crippen molar-refractivity contribution >= 4 is 28.8 Å². The van der Waals surface area contributed by atoms with Gasteiger partial charge in [0, 0.05) is 41.7 Å². The highest BCUT2D eigenvalue weighted by atomic mass is 35.5. The fraction of sp³-hybridized carbons (Fsp3) is 0.500. The van der Waals surface area contributed by atoms with Gasteiger partial charge in [-0.15, -0.1) is 11.3 Å². The van der Waals surface area contributed by atoms with Gasteiger partial charge in [0.1, 0.15) is 17.1 Å². The minimum absolute atomic E-state index is 0.0220. The number of rotatable bonds is 7. The van der Waals surface area contributed by atoms with E-state index in [9.17, 15) is 9.90 Å². The van der Waals surface area contributed by atoms with E-state index < -0.39 is 5.91 Å². The molecule has 1 aromatic heterocycles.